The Hall–Kier alpha value is -1.62. The molecule has 3 rings (SSSR count). The third-order valence-corrected chi connectivity index (χ3v) is 5.11. The van der Waals surface area contributed by atoms with E-state index in [0.717, 1.165) is 23.1 Å². The van der Waals surface area contributed by atoms with Crippen LogP contribution in [-0.2, 0) is 0 Å². The maximum absolute atomic E-state index is 6.34. The molecule has 1 atom stereocenters. The topological polar surface area (TPSA) is 30.6 Å². The van der Waals surface area contributed by atoms with Gasteiger partial charge in [0.25, 0.3) is 5.82 Å². The lowest BCUT2D eigenvalue weighted by molar-refractivity contribution is -0.889. The second-order valence-corrected chi connectivity index (χ2v) is 6.97. The number of H-pyrrole nitrogens is 1. The van der Waals surface area contributed by atoms with Crippen molar-refractivity contribution >= 4 is 39.5 Å². The summed E-state index contributed by atoms with van der Waals surface area (Å²) in [5, 5.41) is 8.48. The largest absolute Gasteiger partial charge is 0.330 e. The number of rotatable bonds is 5. The minimum atomic E-state index is 0.415. The lowest BCUT2D eigenvalue weighted by Gasteiger charge is -2.18. The number of hydrogen-bond donors (Lipinski definition) is 2. The molecule has 0 aliphatic rings. The summed E-state index contributed by atoms with van der Waals surface area (Å²) in [4.78, 5) is 6.03. The molecule has 22 heavy (non-hydrogen) atoms. The molecule has 0 unspecified atom stereocenters. The van der Waals surface area contributed by atoms with Crippen molar-refractivity contribution in [3.05, 3.63) is 57.9 Å². The molecule has 5 heteroatoms. The number of nitrogens with one attached hydrogen (secondary N) is 3. The van der Waals surface area contributed by atoms with Crippen molar-refractivity contribution in [2.45, 2.75) is 6.04 Å². The maximum Gasteiger partial charge on any atom is 0.274 e. The number of halogens is 1. The number of fused-ring (bicyclic) bond motifs is 1. The predicted octanol–water partition coefficient (Wildman–Crippen LogP) is 2.67. The van der Waals surface area contributed by atoms with Crippen LogP contribution in [0.5, 0.6) is 0 Å². The van der Waals surface area contributed by atoms with Gasteiger partial charge < -0.3 is 4.90 Å². The predicted molar refractivity (Wildman–Crippen MR) is 93.9 cm³/mol. The van der Waals surface area contributed by atoms with Gasteiger partial charge in [-0.2, -0.15) is 0 Å². The molecule has 0 saturated carbocycles. The van der Waals surface area contributed by atoms with Crippen LogP contribution in [0, 0.1) is 0 Å². The molecule has 2 heterocycles. The number of aromatic nitrogens is 1. The van der Waals surface area contributed by atoms with Crippen molar-refractivity contribution in [3.63, 3.8) is 0 Å². The zero-order valence-electron chi connectivity index (χ0n) is 12.7. The smallest absolute Gasteiger partial charge is 0.274 e. The molecular formula is C17H20ClN3S+2. The van der Waals surface area contributed by atoms with E-state index in [1.165, 1.54) is 9.78 Å². The lowest BCUT2D eigenvalue weighted by Crippen LogP contribution is -3.06. The molecule has 0 spiro atoms. The van der Waals surface area contributed by atoms with Crippen molar-refractivity contribution in [1.82, 2.24) is 0 Å². The summed E-state index contributed by atoms with van der Waals surface area (Å²) in [7, 11) is 4.37. The van der Waals surface area contributed by atoms with Gasteiger partial charge in [0.05, 0.1) is 19.0 Å². The lowest BCUT2D eigenvalue weighted by atomic mass is 10.2. The van der Waals surface area contributed by atoms with Crippen LogP contribution in [-0.4, -0.2) is 20.6 Å². The highest BCUT2D eigenvalue weighted by Crippen LogP contribution is 2.22. The van der Waals surface area contributed by atoms with Gasteiger partial charge in [-0.1, -0.05) is 24.3 Å². The van der Waals surface area contributed by atoms with Crippen molar-refractivity contribution in [1.29, 1.82) is 0 Å². The first-order chi connectivity index (χ1) is 10.6. The molecule has 0 amide bonds. The number of aromatic amines is 1. The van der Waals surface area contributed by atoms with E-state index in [2.05, 4.69) is 54.0 Å². The van der Waals surface area contributed by atoms with Gasteiger partial charge in [-0.25, -0.2) is 4.98 Å². The van der Waals surface area contributed by atoms with Crippen LogP contribution in [0.3, 0.4) is 0 Å². The van der Waals surface area contributed by atoms with Gasteiger partial charge in [-0.15, -0.1) is 11.3 Å². The molecule has 114 valence electrons. The third-order valence-electron chi connectivity index (χ3n) is 3.82. The quantitative estimate of drug-likeness (QED) is 0.691. The van der Waals surface area contributed by atoms with Crippen molar-refractivity contribution in [3.8, 4) is 0 Å². The van der Waals surface area contributed by atoms with E-state index >= 15 is 0 Å². The first-order valence-electron chi connectivity index (χ1n) is 7.33. The van der Waals surface area contributed by atoms with E-state index in [-0.39, 0.29) is 0 Å². The van der Waals surface area contributed by atoms with Crippen LogP contribution in [0.2, 0.25) is 5.15 Å². The monoisotopic (exact) mass is 333 g/mol. The SMILES string of the molecule is C[NH+](C)[C@H](CNc1cc2ccccc2c(Cl)[nH+]1)c1cccs1. The first kappa shape index (κ1) is 15.3. The van der Waals surface area contributed by atoms with Gasteiger partial charge in [0.15, 0.2) is 6.04 Å². The van der Waals surface area contributed by atoms with Gasteiger partial charge in [0, 0.05) is 11.5 Å². The number of likely N-dealkylation sites (N-methyl/N-ethyl adjacent to an activating group) is 1. The van der Waals surface area contributed by atoms with Crippen molar-refractivity contribution in [2.75, 3.05) is 26.0 Å². The fraction of sp³-hybridized carbons (Fsp3) is 0.235. The summed E-state index contributed by atoms with van der Waals surface area (Å²) in [6, 6.07) is 15.0. The molecule has 2 aromatic heterocycles. The van der Waals surface area contributed by atoms with Crippen LogP contribution in [0.25, 0.3) is 10.8 Å². The third kappa shape index (κ3) is 3.24. The molecule has 3 aromatic rings. The minimum absolute atomic E-state index is 0.415. The van der Waals surface area contributed by atoms with Gasteiger partial charge in [0.1, 0.15) is 6.54 Å². The Kier molecular flexibility index (Phi) is 4.62. The fourth-order valence-corrected chi connectivity index (χ4v) is 3.81. The summed E-state index contributed by atoms with van der Waals surface area (Å²) in [6.45, 7) is 0.855. The molecular weight excluding hydrogens is 314 g/mol. The standard InChI is InChI=1S/C17H18ClN3S/c1-21(2)14(15-8-5-9-22-15)11-19-16-10-12-6-3-4-7-13(12)17(18)20-16/h3-10,14H,11H2,1-2H3,(H,19,20)/p+2/t14-/m1/s1. The molecule has 3 N–H and O–H groups in total. The number of thiophene rings is 1. The first-order valence-corrected chi connectivity index (χ1v) is 8.59. The van der Waals surface area contributed by atoms with Gasteiger partial charge in [0.2, 0.25) is 5.15 Å². The van der Waals surface area contributed by atoms with E-state index in [9.17, 15) is 0 Å². The van der Waals surface area contributed by atoms with E-state index in [4.69, 9.17) is 11.6 Å². The molecule has 0 aliphatic carbocycles. The number of pyridine rings is 1. The van der Waals surface area contributed by atoms with Gasteiger partial charge in [-0.05, 0) is 34.5 Å². The van der Waals surface area contributed by atoms with E-state index in [1.807, 2.05) is 18.2 Å². The summed E-state index contributed by atoms with van der Waals surface area (Å²) in [5.41, 5.74) is 0. The number of hydrogen-bond acceptors (Lipinski definition) is 2. The van der Waals surface area contributed by atoms with Crippen LogP contribution < -0.4 is 15.2 Å². The zero-order valence-corrected chi connectivity index (χ0v) is 14.3. The number of benzene rings is 1. The summed E-state index contributed by atoms with van der Waals surface area (Å²) in [5.74, 6) is 0.950. The second-order valence-electron chi connectivity index (χ2n) is 5.61. The molecule has 0 aliphatic heterocycles. The van der Waals surface area contributed by atoms with E-state index < -0.39 is 0 Å². The maximum atomic E-state index is 6.34. The Balaban J connectivity index is 1.81. The Labute approximate surface area is 139 Å². The highest BCUT2D eigenvalue weighted by Gasteiger charge is 2.21. The Morgan fingerprint density at radius 2 is 2.05 bits per heavy atom. The molecule has 3 nitrogen and oxygen atoms in total. The fourth-order valence-electron chi connectivity index (χ4n) is 2.59. The van der Waals surface area contributed by atoms with E-state index in [0.29, 0.717) is 11.2 Å². The van der Waals surface area contributed by atoms with E-state index in [1.54, 1.807) is 11.3 Å². The molecule has 0 bridgehead atoms. The summed E-state index contributed by atoms with van der Waals surface area (Å²) in [6.07, 6.45) is 0. The van der Waals surface area contributed by atoms with Crippen LogP contribution >= 0.6 is 22.9 Å². The van der Waals surface area contributed by atoms with Crippen molar-refractivity contribution < 1.29 is 9.88 Å². The molecule has 0 fully saturated rings. The average molecular weight is 334 g/mol. The minimum Gasteiger partial charge on any atom is -0.330 e. The normalized spacial score (nSPS) is 12.7. The summed E-state index contributed by atoms with van der Waals surface area (Å²) >= 11 is 8.14. The summed E-state index contributed by atoms with van der Waals surface area (Å²) < 4.78 is 0. The number of anilines is 1. The van der Waals surface area contributed by atoms with Gasteiger partial charge in [-0.3, -0.25) is 5.32 Å². The Morgan fingerprint density at radius 3 is 2.77 bits per heavy atom. The Morgan fingerprint density at radius 1 is 1.23 bits per heavy atom. The second kappa shape index (κ2) is 6.65. The molecule has 1 aromatic carbocycles. The number of quaternary nitrogens is 1. The highest BCUT2D eigenvalue weighted by molar-refractivity contribution is 7.10. The molecule has 0 saturated heterocycles. The van der Waals surface area contributed by atoms with Crippen molar-refractivity contribution in [2.24, 2.45) is 0 Å². The highest BCUT2D eigenvalue weighted by atomic mass is 35.5. The average Bonchev–Trinajstić information content (AvgIpc) is 3.01. The zero-order chi connectivity index (χ0) is 15.5. The van der Waals surface area contributed by atoms with Crippen LogP contribution in [0.4, 0.5) is 5.82 Å². The van der Waals surface area contributed by atoms with Crippen LogP contribution in [0.15, 0.2) is 47.8 Å². The Bertz CT molecular complexity index is 756. The molecule has 0 radical (unpaired) electrons. The van der Waals surface area contributed by atoms with Gasteiger partial charge >= 0.3 is 0 Å². The van der Waals surface area contributed by atoms with Crippen LogP contribution in [0.1, 0.15) is 10.9 Å².